The molecule has 18 heavy (non-hydrogen) atoms. The van der Waals surface area contributed by atoms with Crippen molar-refractivity contribution in [3.05, 3.63) is 35.6 Å². The minimum Gasteiger partial charge on any atom is -0.319 e. The first-order valence-electron chi connectivity index (χ1n) is 6.46. The highest BCUT2D eigenvalue weighted by Crippen LogP contribution is 2.25. The van der Waals surface area contributed by atoms with Crippen LogP contribution in [0.25, 0.3) is 0 Å². The van der Waals surface area contributed by atoms with Gasteiger partial charge in [-0.25, -0.2) is 4.39 Å². The quantitative estimate of drug-likeness (QED) is 0.837. The van der Waals surface area contributed by atoms with Crippen LogP contribution in [-0.4, -0.2) is 32.1 Å². The monoisotopic (exact) mass is 252 g/mol. The Kier molecular flexibility index (Phi) is 5.29. The number of hydrogen-bond acceptors (Lipinski definition) is 2. The highest BCUT2D eigenvalue weighted by Gasteiger charge is 2.23. The van der Waals surface area contributed by atoms with E-state index in [-0.39, 0.29) is 17.3 Å². The van der Waals surface area contributed by atoms with Crippen molar-refractivity contribution in [1.29, 1.82) is 0 Å². The van der Waals surface area contributed by atoms with Gasteiger partial charge in [0.15, 0.2) is 0 Å². The molecule has 0 bridgehead atoms. The molecule has 0 spiro atoms. The maximum Gasteiger partial charge on any atom is 0.127 e. The summed E-state index contributed by atoms with van der Waals surface area (Å²) in [4.78, 5) is 2.20. The van der Waals surface area contributed by atoms with Gasteiger partial charge in [-0.05, 0) is 32.5 Å². The van der Waals surface area contributed by atoms with E-state index < -0.39 is 0 Å². The van der Waals surface area contributed by atoms with Gasteiger partial charge in [-0.3, -0.25) is 4.90 Å². The van der Waals surface area contributed by atoms with Crippen LogP contribution in [0.5, 0.6) is 0 Å². The smallest absolute Gasteiger partial charge is 0.127 e. The van der Waals surface area contributed by atoms with Crippen LogP contribution in [0, 0.1) is 11.2 Å². The SMILES string of the molecule is CNCC(C)(C)CN(C)C(C)c1ccccc1F. The van der Waals surface area contributed by atoms with Gasteiger partial charge in [0.25, 0.3) is 0 Å². The second-order valence-corrected chi connectivity index (χ2v) is 5.81. The Morgan fingerprint density at radius 3 is 2.50 bits per heavy atom. The summed E-state index contributed by atoms with van der Waals surface area (Å²) in [6.07, 6.45) is 0. The van der Waals surface area contributed by atoms with Gasteiger partial charge in [0, 0.05) is 24.7 Å². The molecule has 3 heteroatoms. The van der Waals surface area contributed by atoms with E-state index >= 15 is 0 Å². The first-order valence-corrected chi connectivity index (χ1v) is 6.46. The second-order valence-electron chi connectivity index (χ2n) is 5.81. The van der Waals surface area contributed by atoms with Crippen LogP contribution in [0.2, 0.25) is 0 Å². The molecule has 0 amide bonds. The van der Waals surface area contributed by atoms with Crippen LogP contribution in [0.15, 0.2) is 24.3 Å². The van der Waals surface area contributed by atoms with Gasteiger partial charge in [-0.15, -0.1) is 0 Å². The lowest BCUT2D eigenvalue weighted by Gasteiger charge is -2.34. The van der Waals surface area contributed by atoms with Crippen molar-refractivity contribution in [1.82, 2.24) is 10.2 Å². The number of nitrogens with one attached hydrogen (secondary N) is 1. The third-order valence-corrected chi connectivity index (χ3v) is 3.35. The Balaban J connectivity index is 2.73. The molecule has 0 aliphatic rings. The van der Waals surface area contributed by atoms with Gasteiger partial charge in [0.2, 0.25) is 0 Å². The van der Waals surface area contributed by atoms with E-state index in [9.17, 15) is 4.39 Å². The van der Waals surface area contributed by atoms with Crippen LogP contribution in [0.3, 0.4) is 0 Å². The van der Waals surface area contributed by atoms with Gasteiger partial charge in [0.05, 0.1) is 0 Å². The largest absolute Gasteiger partial charge is 0.319 e. The van der Waals surface area contributed by atoms with Gasteiger partial charge < -0.3 is 5.32 Å². The van der Waals surface area contributed by atoms with Gasteiger partial charge in [-0.2, -0.15) is 0 Å². The minimum absolute atomic E-state index is 0.0855. The molecule has 0 saturated heterocycles. The third kappa shape index (κ3) is 4.07. The molecule has 0 saturated carbocycles. The Morgan fingerprint density at radius 2 is 1.94 bits per heavy atom. The summed E-state index contributed by atoms with van der Waals surface area (Å²) < 4.78 is 13.7. The molecule has 1 aromatic rings. The molecular formula is C15H25FN2. The first-order chi connectivity index (χ1) is 8.37. The van der Waals surface area contributed by atoms with Crippen molar-refractivity contribution in [2.75, 3.05) is 27.2 Å². The van der Waals surface area contributed by atoms with E-state index in [0.717, 1.165) is 18.7 Å². The lowest BCUT2D eigenvalue weighted by molar-refractivity contribution is 0.166. The molecule has 0 radical (unpaired) electrons. The van der Waals surface area contributed by atoms with Crippen molar-refractivity contribution < 1.29 is 4.39 Å². The number of rotatable bonds is 6. The van der Waals surface area contributed by atoms with Gasteiger partial charge in [0.1, 0.15) is 5.82 Å². The van der Waals surface area contributed by atoms with Gasteiger partial charge >= 0.3 is 0 Å². The summed E-state index contributed by atoms with van der Waals surface area (Å²) in [7, 11) is 4.01. The Bertz CT molecular complexity index is 377. The Hall–Kier alpha value is -0.930. The van der Waals surface area contributed by atoms with E-state index in [0.29, 0.717) is 0 Å². The molecule has 1 unspecified atom stereocenters. The average Bonchev–Trinajstić information content (AvgIpc) is 2.28. The Labute approximate surface area is 110 Å². The second kappa shape index (κ2) is 6.30. The van der Waals surface area contributed by atoms with E-state index in [4.69, 9.17) is 0 Å². The van der Waals surface area contributed by atoms with E-state index in [1.54, 1.807) is 6.07 Å². The predicted octanol–water partition coefficient (Wildman–Crippen LogP) is 3.06. The van der Waals surface area contributed by atoms with Crippen molar-refractivity contribution >= 4 is 0 Å². The minimum atomic E-state index is -0.122. The summed E-state index contributed by atoms with van der Waals surface area (Å²) in [5, 5.41) is 3.20. The molecule has 0 aromatic heterocycles. The summed E-state index contributed by atoms with van der Waals surface area (Å²) >= 11 is 0. The van der Waals surface area contributed by atoms with Crippen LogP contribution < -0.4 is 5.32 Å². The summed E-state index contributed by atoms with van der Waals surface area (Å²) in [5.74, 6) is -0.122. The molecule has 0 aliphatic carbocycles. The van der Waals surface area contributed by atoms with Crippen LogP contribution in [-0.2, 0) is 0 Å². The number of halogens is 1. The van der Waals surface area contributed by atoms with Crippen molar-refractivity contribution in [2.45, 2.75) is 26.8 Å². The molecule has 1 N–H and O–H groups in total. The maximum absolute atomic E-state index is 13.7. The molecule has 102 valence electrons. The molecule has 1 atom stereocenters. The van der Waals surface area contributed by atoms with E-state index in [2.05, 4.69) is 31.1 Å². The molecule has 2 nitrogen and oxygen atoms in total. The van der Waals surface area contributed by atoms with Crippen molar-refractivity contribution in [3.63, 3.8) is 0 Å². The lowest BCUT2D eigenvalue weighted by atomic mass is 9.92. The van der Waals surface area contributed by atoms with Crippen LogP contribution in [0.1, 0.15) is 32.4 Å². The van der Waals surface area contributed by atoms with Crippen molar-refractivity contribution in [2.24, 2.45) is 5.41 Å². The number of benzene rings is 1. The summed E-state index contributed by atoms with van der Waals surface area (Å²) in [5.41, 5.74) is 0.934. The zero-order chi connectivity index (χ0) is 13.8. The lowest BCUT2D eigenvalue weighted by Crippen LogP contribution is -2.39. The topological polar surface area (TPSA) is 15.3 Å². The van der Waals surface area contributed by atoms with Crippen LogP contribution in [0.4, 0.5) is 4.39 Å². The van der Waals surface area contributed by atoms with Crippen LogP contribution >= 0.6 is 0 Å². The fraction of sp³-hybridized carbons (Fsp3) is 0.600. The summed E-state index contributed by atoms with van der Waals surface area (Å²) in [6.45, 7) is 8.35. The predicted molar refractivity (Wildman–Crippen MR) is 75.2 cm³/mol. The average molecular weight is 252 g/mol. The molecule has 0 fully saturated rings. The highest BCUT2D eigenvalue weighted by molar-refractivity contribution is 5.20. The fourth-order valence-electron chi connectivity index (χ4n) is 2.40. The van der Waals surface area contributed by atoms with Crippen molar-refractivity contribution in [3.8, 4) is 0 Å². The van der Waals surface area contributed by atoms with E-state index in [1.165, 1.54) is 6.07 Å². The molecule has 1 aromatic carbocycles. The normalized spacial score (nSPS) is 13.9. The number of hydrogen-bond donors (Lipinski definition) is 1. The van der Waals surface area contributed by atoms with Gasteiger partial charge in [-0.1, -0.05) is 32.0 Å². The third-order valence-electron chi connectivity index (χ3n) is 3.35. The standard InChI is InChI=1S/C15H25FN2/c1-12(13-8-6-7-9-14(13)16)18(5)11-15(2,3)10-17-4/h6-9,12,17H,10-11H2,1-5H3. The highest BCUT2D eigenvalue weighted by atomic mass is 19.1. The first kappa shape index (κ1) is 15.1. The molecule has 0 aliphatic heterocycles. The fourth-order valence-corrected chi connectivity index (χ4v) is 2.40. The summed E-state index contributed by atoms with van der Waals surface area (Å²) in [6, 6.07) is 7.10. The zero-order valence-electron chi connectivity index (χ0n) is 12.1. The molecule has 1 rings (SSSR count). The zero-order valence-corrected chi connectivity index (χ0v) is 12.1. The number of nitrogens with zero attached hydrogens (tertiary/aromatic N) is 1. The van der Waals surface area contributed by atoms with E-state index in [1.807, 2.05) is 26.1 Å². The molecular weight excluding hydrogens is 227 g/mol. The Morgan fingerprint density at radius 1 is 1.33 bits per heavy atom. The molecule has 0 heterocycles. The maximum atomic E-state index is 13.7.